The van der Waals surface area contributed by atoms with Gasteiger partial charge in [-0.2, -0.15) is 0 Å². The smallest absolute Gasteiger partial charge is 0.331 e. The number of carbonyl (C=O) groups is 3. The van der Waals surface area contributed by atoms with Gasteiger partial charge < -0.3 is 14.7 Å². The Labute approximate surface area is 184 Å². The third kappa shape index (κ3) is 4.38. The van der Waals surface area contributed by atoms with Crippen molar-refractivity contribution in [3.8, 4) is 0 Å². The Morgan fingerprint density at radius 3 is 2.20 bits per heavy atom. The van der Waals surface area contributed by atoms with Gasteiger partial charge in [-0.05, 0) is 18.1 Å². The molecule has 30 heavy (non-hydrogen) atoms. The number of hydrogen-bond donors (Lipinski definition) is 1. The summed E-state index contributed by atoms with van der Waals surface area (Å²) in [6, 6.07) is 17.3. The highest BCUT2D eigenvalue weighted by Crippen LogP contribution is 2.43. The van der Waals surface area contributed by atoms with Gasteiger partial charge in [0.2, 0.25) is 6.41 Å². The van der Waals surface area contributed by atoms with Crippen LogP contribution in [0.25, 0.3) is 0 Å². The molecule has 158 valence electrons. The summed E-state index contributed by atoms with van der Waals surface area (Å²) in [5.74, 6) is -1.56. The van der Waals surface area contributed by atoms with Gasteiger partial charge in [-0.1, -0.05) is 60.7 Å². The normalized spacial score (nSPS) is 22.0. The van der Waals surface area contributed by atoms with E-state index in [4.69, 9.17) is 16.3 Å². The first kappa shape index (κ1) is 22.3. The van der Waals surface area contributed by atoms with Gasteiger partial charge in [-0.25, -0.2) is 4.79 Å². The first-order valence-electron chi connectivity index (χ1n) is 9.34. The Balaban J connectivity index is 1.95. The van der Waals surface area contributed by atoms with Crippen LogP contribution < -0.4 is 0 Å². The Morgan fingerprint density at radius 1 is 1.20 bits per heavy atom. The number of ether oxygens (including phenoxy) is 1. The van der Waals surface area contributed by atoms with E-state index in [1.165, 1.54) is 4.90 Å². The molecule has 0 spiro atoms. The van der Waals surface area contributed by atoms with Crippen molar-refractivity contribution < 1.29 is 24.2 Å². The molecule has 2 aromatic carbocycles. The van der Waals surface area contributed by atoms with Crippen LogP contribution in [0, 0.1) is 0 Å². The topological polar surface area (TPSA) is 83.9 Å². The quantitative estimate of drug-likeness (QED) is 0.380. The number of halogens is 1. The number of aliphatic hydroxyl groups is 1. The summed E-state index contributed by atoms with van der Waals surface area (Å²) in [6.07, 6.45) is -1.69. The molecule has 1 aliphatic heterocycles. The van der Waals surface area contributed by atoms with Gasteiger partial charge in [0, 0.05) is 0 Å². The van der Waals surface area contributed by atoms with Crippen LogP contribution in [0.4, 0.5) is 0 Å². The van der Waals surface area contributed by atoms with Crippen molar-refractivity contribution in [3.05, 3.63) is 71.8 Å². The number of hydrogen-bond acceptors (Lipinski definition) is 6. The van der Waals surface area contributed by atoms with Crippen molar-refractivity contribution >= 4 is 41.5 Å². The molecule has 8 heteroatoms. The zero-order valence-electron chi connectivity index (χ0n) is 16.3. The van der Waals surface area contributed by atoms with Gasteiger partial charge in [0.25, 0.3) is 0 Å². The Hall–Kier alpha value is -2.35. The number of alkyl halides is 1. The summed E-state index contributed by atoms with van der Waals surface area (Å²) in [5.41, 5.74) is 1.53. The fourth-order valence-corrected chi connectivity index (χ4v) is 5.01. The van der Waals surface area contributed by atoms with Crippen molar-refractivity contribution in [3.63, 3.8) is 0 Å². The Bertz CT molecular complexity index is 857. The van der Waals surface area contributed by atoms with E-state index in [0.717, 1.165) is 22.9 Å². The molecule has 3 rings (SSSR count). The van der Waals surface area contributed by atoms with Crippen LogP contribution in [0.5, 0.6) is 0 Å². The first-order chi connectivity index (χ1) is 14.4. The predicted octanol–water partition coefficient (Wildman–Crippen LogP) is 2.78. The molecule has 2 aromatic rings. The number of carbonyl (C=O) groups excluding carboxylic acids is 3. The van der Waals surface area contributed by atoms with Crippen molar-refractivity contribution in [2.45, 2.75) is 29.9 Å². The second-order valence-corrected chi connectivity index (χ2v) is 8.81. The number of esters is 1. The van der Waals surface area contributed by atoms with E-state index in [-0.39, 0.29) is 5.88 Å². The Morgan fingerprint density at radius 2 is 1.73 bits per heavy atom. The van der Waals surface area contributed by atoms with Crippen LogP contribution in [-0.4, -0.2) is 56.8 Å². The largest absolute Gasteiger partial charge is 0.451 e. The molecule has 1 amide bonds. The lowest BCUT2D eigenvalue weighted by Gasteiger charge is -2.34. The summed E-state index contributed by atoms with van der Waals surface area (Å²) >= 11 is 6.76. The zero-order valence-corrected chi connectivity index (χ0v) is 17.9. The van der Waals surface area contributed by atoms with E-state index >= 15 is 0 Å². The summed E-state index contributed by atoms with van der Waals surface area (Å²) in [5, 5.41) is 10.6. The van der Waals surface area contributed by atoms with Gasteiger partial charge >= 0.3 is 5.97 Å². The summed E-state index contributed by atoms with van der Waals surface area (Å²) in [6.45, 7) is 1.57. The molecule has 0 radical (unpaired) electrons. The lowest BCUT2D eigenvalue weighted by molar-refractivity contribution is -0.157. The monoisotopic (exact) mass is 447 g/mol. The minimum absolute atomic E-state index is 0.147. The third-order valence-electron chi connectivity index (χ3n) is 5.18. The van der Waals surface area contributed by atoms with Gasteiger partial charge in [0.05, 0.1) is 16.5 Å². The summed E-state index contributed by atoms with van der Waals surface area (Å²) in [7, 11) is 0. The third-order valence-corrected chi connectivity index (χ3v) is 6.94. The van der Waals surface area contributed by atoms with E-state index < -0.39 is 40.6 Å². The van der Waals surface area contributed by atoms with Crippen LogP contribution in [0.3, 0.4) is 0 Å². The number of nitrogens with zero attached hydrogens (tertiary/aromatic N) is 1. The highest BCUT2D eigenvalue weighted by atomic mass is 35.5. The number of aliphatic hydroxyl groups excluding tert-OH is 1. The predicted molar refractivity (Wildman–Crippen MR) is 115 cm³/mol. The molecule has 1 N–H and O–H groups in total. The molecule has 1 aliphatic rings. The average molecular weight is 448 g/mol. The maximum absolute atomic E-state index is 13.3. The minimum Gasteiger partial charge on any atom is -0.451 e. The van der Waals surface area contributed by atoms with Crippen molar-refractivity contribution in [2.24, 2.45) is 0 Å². The summed E-state index contributed by atoms with van der Waals surface area (Å²) in [4.78, 5) is 38.2. The lowest BCUT2D eigenvalue weighted by Crippen LogP contribution is -2.56. The second-order valence-electron chi connectivity index (χ2n) is 7.12. The average Bonchev–Trinajstić information content (AvgIpc) is 3.15. The van der Waals surface area contributed by atoms with Crippen molar-refractivity contribution in [2.75, 3.05) is 11.8 Å². The number of amides is 1. The van der Waals surface area contributed by atoms with E-state index in [1.807, 2.05) is 60.7 Å². The van der Waals surface area contributed by atoms with Crippen molar-refractivity contribution in [1.29, 1.82) is 0 Å². The molecular formula is C22H22ClNO5S. The zero-order chi connectivity index (χ0) is 21.7. The maximum Gasteiger partial charge on any atom is 0.331 e. The van der Waals surface area contributed by atoms with Crippen LogP contribution in [0.1, 0.15) is 24.2 Å². The molecule has 0 aliphatic carbocycles. The summed E-state index contributed by atoms with van der Waals surface area (Å²) < 4.78 is 4.61. The van der Waals surface area contributed by atoms with E-state index in [0.29, 0.717) is 6.41 Å². The van der Waals surface area contributed by atoms with Crippen LogP contribution >= 0.6 is 23.4 Å². The van der Waals surface area contributed by atoms with Crippen LogP contribution in [0.2, 0.25) is 0 Å². The molecule has 0 bridgehead atoms. The van der Waals surface area contributed by atoms with Crippen LogP contribution in [0.15, 0.2) is 60.7 Å². The molecular weight excluding hydrogens is 426 g/mol. The van der Waals surface area contributed by atoms with Crippen LogP contribution in [-0.2, 0) is 19.1 Å². The number of rotatable bonds is 8. The Kier molecular flexibility index (Phi) is 7.18. The number of ketones is 1. The molecule has 3 atom stereocenters. The van der Waals surface area contributed by atoms with Gasteiger partial charge in [0.15, 0.2) is 11.9 Å². The molecule has 1 unspecified atom stereocenters. The maximum atomic E-state index is 13.3. The number of Topliss-reactive ketones (excluding diaryl/α,β-unsaturated/α-hetero) is 1. The molecule has 0 aromatic heterocycles. The van der Waals surface area contributed by atoms with Crippen molar-refractivity contribution in [1.82, 2.24) is 4.90 Å². The minimum atomic E-state index is -1.52. The molecule has 6 nitrogen and oxygen atoms in total. The number of benzene rings is 2. The molecule has 1 heterocycles. The van der Waals surface area contributed by atoms with E-state index in [9.17, 15) is 19.5 Å². The fourth-order valence-electron chi connectivity index (χ4n) is 3.54. The molecule has 1 saturated heterocycles. The number of thioether (sulfide) groups is 1. The SMILES string of the molecule is C[C@@]1(C(O)C(=O)CCl)SCN(C=O)[C@H]1C(=O)OC(c1ccccc1)c1ccccc1. The highest BCUT2D eigenvalue weighted by molar-refractivity contribution is 8.01. The molecule has 1 fully saturated rings. The second kappa shape index (κ2) is 9.64. The molecule has 0 saturated carbocycles. The van der Waals surface area contributed by atoms with Gasteiger partial charge in [-0.3, -0.25) is 9.59 Å². The van der Waals surface area contributed by atoms with Gasteiger partial charge in [-0.15, -0.1) is 23.4 Å². The van der Waals surface area contributed by atoms with Gasteiger partial charge in [0.1, 0.15) is 12.1 Å². The highest BCUT2D eigenvalue weighted by Gasteiger charge is 2.56. The first-order valence-corrected chi connectivity index (χ1v) is 10.9. The van der Waals surface area contributed by atoms with E-state index in [1.54, 1.807) is 6.92 Å². The lowest BCUT2D eigenvalue weighted by atomic mass is 9.91. The van der Waals surface area contributed by atoms with E-state index in [2.05, 4.69) is 0 Å². The fraction of sp³-hybridized carbons (Fsp3) is 0.318. The standard InChI is InChI=1S/C22H22ClNO5S/c1-22(20(27)17(26)12-23)19(24(13-25)14-30-22)21(28)29-18(15-8-4-2-5-9-15)16-10-6-3-7-11-16/h2-11,13,18-20,27H,12,14H2,1H3/t19-,20?,22+/m0/s1.